The van der Waals surface area contributed by atoms with Crippen LogP contribution in [0.4, 0.5) is 13.2 Å². The van der Waals surface area contributed by atoms with Gasteiger partial charge in [-0.1, -0.05) is 29.3 Å². The molecule has 4 nitrogen and oxygen atoms in total. The highest BCUT2D eigenvalue weighted by molar-refractivity contribution is 8.00. The molecule has 0 saturated heterocycles. The highest BCUT2D eigenvalue weighted by atomic mass is 35.5. The molecule has 0 heterocycles. The van der Waals surface area contributed by atoms with E-state index < -0.39 is 35.1 Å². The van der Waals surface area contributed by atoms with Crippen molar-refractivity contribution in [3.63, 3.8) is 0 Å². The van der Waals surface area contributed by atoms with Crippen LogP contribution in [0.15, 0.2) is 18.2 Å². The minimum absolute atomic E-state index is 0.0948. The zero-order valence-electron chi connectivity index (χ0n) is 11.7. The first-order chi connectivity index (χ1) is 10.5. The molecule has 1 rings (SSSR count). The van der Waals surface area contributed by atoms with E-state index in [0.717, 1.165) is 0 Å². The fraction of sp³-hybridized carbons (Fsp3) is 0.385. The number of carbonyl (C=O) groups excluding carboxylic acids is 1. The standard InChI is InChI=1S/C13H12Cl2F3NO3S/c1-12(11(21)22,7-2-3-8(14)9(15)4-7)19-10(20)5-23-6-13(16,17)18/h2-4H,5-6H2,1H3,(H,19,20)(H,21,22). The van der Waals surface area contributed by atoms with E-state index >= 15 is 0 Å². The molecule has 0 bridgehead atoms. The van der Waals surface area contributed by atoms with E-state index in [0.29, 0.717) is 11.8 Å². The molecule has 2 N–H and O–H groups in total. The summed E-state index contributed by atoms with van der Waals surface area (Å²) in [5.41, 5.74) is -1.70. The lowest BCUT2D eigenvalue weighted by Gasteiger charge is -2.27. The van der Waals surface area contributed by atoms with Crippen LogP contribution in [0.2, 0.25) is 10.0 Å². The first-order valence-electron chi connectivity index (χ1n) is 6.10. The van der Waals surface area contributed by atoms with Crippen LogP contribution < -0.4 is 5.32 Å². The number of benzene rings is 1. The maximum Gasteiger partial charge on any atom is 0.397 e. The van der Waals surface area contributed by atoms with Gasteiger partial charge < -0.3 is 10.4 Å². The lowest BCUT2D eigenvalue weighted by Crippen LogP contribution is -2.50. The van der Waals surface area contributed by atoms with Crippen molar-refractivity contribution in [3.8, 4) is 0 Å². The SMILES string of the molecule is CC(NC(=O)CSCC(F)(F)F)(C(=O)O)c1ccc(Cl)c(Cl)c1. The van der Waals surface area contributed by atoms with E-state index in [2.05, 4.69) is 5.32 Å². The zero-order valence-corrected chi connectivity index (χ0v) is 14.0. The van der Waals surface area contributed by atoms with Gasteiger partial charge in [-0.25, -0.2) is 4.79 Å². The number of alkyl halides is 3. The number of carboxylic acid groups (broad SMARTS) is 1. The minimum Gasteiger partial charge on any atom is -0.479 e. The number of rotatable bonds is 6. The van der Waals surface area contributed by atoms with Gasteiger partial charge in [0.15, 0.2) is 5.54 Å². The zero-order chi connectivity index (χ0) is 17.8. The third-order valence-corrected chi connectivity index (χ3v) is 4.55. The first-order valence-corrected chi connectivity index (χ1v) is 8.01. The van der Waals surface area contributed by atoms with E-state index in [4.69, 9.17) is 23.2 Å². The minimum atomic E-state index is -4.40. The lowest BCUT2D eigenvalue weighted by molar-refractivity contribution is -0.147. The molecule has 0 saturated carbocycles. The van der Waals surface area contributed by atoms with E-state index in [9.17, 15) is 27.9 Å². The number of halogens is 5. The topological polar surface area (TPSA) is 66.4 Å². The van der Waals surface area contributed by atoms with E-state index in [-0.39, 0.29) is 15.6 Å². The Morgan fingerprint density at radius 3 is 2.35 bits per heavy atom. The molecule has 128 valence electrons. The summed E-state index contributed by atoms with van der Waals surface area (Å²) in [6.45, 7) is 1.21. The van der Waals surface area contributed by atoms with Crippen LogP contribution in [0.5, 0.6) is 0 Å². The molecule has 0 aliphatic carbocycles. The van der Waals surface area contributed by atoms with E-state index in [1.165, 1.54) is 25.1 Å². The van der Waals surface area contributed by atoms with Crippen molar-refractivity contribution in [3.05, 3.63) is 33.8 Å². The van der Waals surface area contributed by atoms with Gasteiger partial charge in [0.25, 0.3) is 0 Å². The molecule has 0 aliphatic heterocycles. The molecule has 10 heteroatoms. The lowest BCUT2D eigenvalue weighted by atomic mass is 9.92. The van der Waals surface area contributed by atoms with Crippen molar-refractivity contribution in [2.75, 3.05) is 11.5 Å². The van der Waals surface area contributed by atoms with Gasteiger partial charge in [-0.3, -0.25) is 4.79 Å². The Morgan fingerprint density at radius 2 is 1.87 bits per heavy atom. The van der Waals surface area contributed by atoms with Crippen LogP contribution in [0.1, 0.15) is 12.5 Å². The van der Waals surface area contributed by atoms with Crippen molar-refractivity contribution in [1.29, 1.82) is 0 Å². The van der Waals surface area contributed by atoms with Crippen LogP contribution in [0, 0.1) is 0 Å². The molecule has 0 aromatic heterocycles. The van der Waals surface area contributed by atoms with Crippen LogP contribution in [0.25, 0.3) is 0 Å². The largest absolute Gasteiger partial charge is 0.479 e. The van der Waals surface area contributed by atoms with Gasteiger partial charge in [0.05, 0.1) is 21.6 Å². The Kier molecular flexibility index (Phi) is 6.61. The van der Waals surface area contributed by atoms with Gasteiger partial charge in [-0.15, -0.1) is 11.8 Å². The Labute approximate surface area is 144 Å². The summed E-state index contributed by atoms with van der Waals surface area (Å²) < 4.78 is 36.1. The summed E-state index contributed by atoms with van der Waals surface area (Å²) in [7, 11) is 0. The van der Waals surface area contributed by atoms with Gasteiger partial charge in [-0.05, 0) is 24.6 Å². The predicted octanol–water partition coefficient (Wildman–Crippen LogP) is 3.70. The molecule has 0 spiro atoms. The number of hydrogen-bond acceptors (Lipinski definition) is 3. The molecule has 23 heavy (non-hydrogen) atoms. The van der Waals surface area contributed by atoms with Gasteiger partial charge >= 0.3 is 12.1 Å². The number of thioether (sulfide) groups is 1. The number of hydrogen-bond donors (Lipinski definition) is 2. The highest BCUT2D eigenvalue weighted by Crippen LogP contribution is 2.29. The quantitative estimate of drug-likeness (QED) is 0.778. The van der Waals surface area contributed by atoms with Crippen LogP contribution in [-0.4, -0.2) is 34.7 Å². The maximum atomic E-state index is 12.0. The number of amides is 1. The second kappa shape index (κ2) is 7.63. The molecule has 1 aromatic rings. The van der Waals surface area contributed by atoms with Crippen LogP contribution in [0.3, 0.4) is 0 Å². The summed E-state index contributed by atoms with van der Waals surface area (Å²) in [4.78, 5) is 23.3. The average molecular weight is 390 g/mol. The van der Waals surface area contributed by atoms with Crippen molar-refractivity contribution in [1.82, 2.24) is 5.32 Å². The molecule has 0 fully saturated rings. The number of nitrogens with one attached hydrogen (secondary N) is 1. The second-order valence-corrected chi connectivity index (χ2v) is 6.52. The number of aliphatic carboxylic acids is 1. The fourth-order valence-corrected chi connectivity index (χ4v) is 2.52. The third kappa shape index (κ3) is 5.78. The summed E-state index contributed by atoms with van der Waals surface area (Å²) in [5.74, 6) is -3.94. The van der Waals surface area contributed by atoms with Crippen molar-refractivity contribution in [2.24, 2.45) is 0 Å². The Morgan fingerprint density at radius 1 is 1.26 bits per heavy atom. The van der Waals surface area contributed by atoms with Crippen molar-refractivity contribution < 1.29 is 27.9 Å². The van der Waals surface area contributed by atoms with Gasteiger partial charge in [0.1, 0.15) is 0 Å². The second-order valence-electron chi connectivity index (χ2n) is 4.72. The molecule has 1 amide bonds. The molecule has 0 aliphatic rings. The van der Waals surface area contributed by atoms with Gasteiger partial charge in [-0.2, -0.15) is 13.2 Å². The summed E-state index contributed by atoms with van der Waals surface area (Å²) in [6.07, 6.45) is -4.40. The average Bonchev–Trinajstić information content (AvgIpc) is 2.39. The van der Waals surface area contributed by atoms with E-state index in [1.807, 2.05) is 0 Å². The highest BCUT2D eigenvalue weighted by Gasteiger charge is 2.37. The third-order valence-electron chi connectivity index (χ3n) is 2.81. The molecular weight excluding hydrogens is 378 g/mol. The van der Waals surface area contributed by atoms with E-state index in [1.54, 1.807) is 0 Å². The van der Waals surface area contributed by atoms with Crippen LogP contribution in [-0.2, 0) is 15.1 Å². The summed E-state index contributed by atoms with van der Waals surface area (Å²) in [6, 6.07) is 4.01. The first kappa shape index (κ1) is 19.9. The summed E-state index contributed by atoms with van der Waals surface area (Å²) >= 11 is 11.9. The number of carbonyl (C=O) groups is 2. The van der Waals surface area contributed by atoms with Crippen LogP contribution >= 0.6 is 35.0 Å². The van der Waals surface area contributed by atoms with Gasteiger partial charge in [0.2, 0.25) is 5.91 Å². The fourth-order valence-electron chi connectivity index (χ4n) is 1.63. The van der Waals surface area contributed by atoms with Gasteiger partial charge in [0, 0.05) is 0 Å². The van der Waals surface area contributed by atoms with Crippen molar-refractivity contribution in [2.45, 2.75) is 18.6 Å². The molecule has 1 aromatic carbocycles. The summed E-state index contributed by atoms with van der Waals surface area (Å²) in [5, 5.41) is 11.9. The molecule has 0 radical (unpaired) electrons. The smallest absolute Gasteiger partial charge is 0.397 e. The van der Waals surface area contributed by atoms with Crippen molar-refractivity contribution >= 4 is 46.8 Å². The molecular formula is C13H12Cl2F3NO3S. The number of carboxylic acids is 1. The Bertz CT molecular complexity index is 613. The molecule has 1 atom stereocenters. The predicted molar refractivity (Wildman–Crippen MR) is 83.0 cm³/mol. The Hall–Kier alpha value is -1.12. The monoisotopic (exact) mass is 389 g/mol. The Balaban J connectivity index is 2.87. The molecule has 1 unspecified atom stereocenters. The normalized spacial score (nSPS) is 14.2. The maximum absolute atomic E-state index is 12.0.